The number of carbonyl (C=O) groups excluding carboxylic acids is 1. The van der Waals surface area contributed by atoms with Gasteiger partial charge in [-0.1, -0.05) is 0 Å². The summed E-state index contributed by atoms with van der Waals surface area (Å²) in [5.74, 6) is 0.284. The lowest BCUT2D eigenvalue weighted by Crippen LogP contribution is -2.31. The van der Waals surface area contributed by atoms with Crippen molar-refractivity contribution >= 4 is 17.4 Å². The number of alkyl halides is 1. The van der Waals surface area contributed by atoms with Gasteiger partial charge in [-0.25, -0.2) is 0 Å². The van der Waals surface area contributed by atoms with Crippen molar-refractivity contribution < 1.29 is 4.79 Å². The normalized spacial score (nSPS) is 26.6. The minimum Gasteiger partial charge on any atom is -0.307 e. The molecule has 0 radical (unpaired) electrons. The molecule has 0 aromatic carbocycles. The van der Waals surface area contributed by atoms with Crippen molar-refractivity contribution in [2.75, 3.05) is 12.4 Å². The van der Waals surface area contributed by atoms with E-state index in [4.69, 9.17) is 11.6 Å². The van der Waals surface area contributed by atoms with Crippen molar-refractivity contribution in [2.24, 2.45) is 0 Å². The number of rotatable bonds is 2. The van der Waals surface area contributed by atoms with Gasteiger partial charge in [0, 0.05) is 0 Å². The molecule has 1 aliphatic heterocycles. The number of halogens is 1. The Morgan fingerprint density at radius 1 is 1.78 bits per heavy atom. The quantitative estimate of drug-likeness (QED) is 0.578. The average molecular weight is 148 g/mol. The van der Waals surface area contributed by atoms with Crippen LogP contribution in [-0.2, 0) is 4.79 Å². The first-order chi connectivity index (χ1) is 4.34. The fraction of sp³-hybridized carbons (Fsp3) is 0.833. The van der Waals surface area contributed by atoms with Crippen LogP contribution in [0.15, 0.2) is 0 Å². The summed E-state index contributed by atoms with van der Waals surface area (Å²) in [6, 6.07) is 0.0579. The zero-order valence-electron chi connectivity index (χ0n) is 5.19. The molecule has 9 heavy (non-hydrogen) atoms. The fourth-order valence-corrected chi connectivity index (χ4v) is 1.24. The van der Waals surface area contributed by atoms with Gasteiger partial charge in [-0.3, -0.25) is 4.79 Å². The summed E-state index contributed by atoms with van der Waals surface area (Å²) in [4.78, 5) is 10.8. The number of hydrogen-bond donors (Lipinski definition) is 1. The average Bonchev–Trinajstić information content (AvgIpc) is 2.37. The maximum atomic E-state index is 10.8. The lowest BCUT2D eigenvalue weighted by atomic mass is 10.2. The van der Waals surface area contributed by atoms with Gasteiger partial charge in [0.15, 0.2) is 5.78 Å². The Bertz CT molecular complexity index is 110. The van der Waals surface area contributed by atoms with Gasteiger partial charge in [0.2, 0.25) is 0 Å². The Kier molecular flexibility index (Phi) is 2.49. The van der Waals surface area contributed by atoms with Crippen LogP contribution in [-0.4, -0.2) is 24.2 Å². The highest BCUT2D eigenvalue weighted by molar-refractivity contribution is 6.28. The van der Waals surface area contributed by atoms with E-state index >= 15 is 0 Å². The first kappa shape index (κ1) is 7.03. The third kappa shape index (κ3) is 1.66. The number of hydrogen-bond acceptors (Lipinski definition) is 2. The van der Waals surface area contributed by atoms with Gasteiger partial charge in [-0.15, -0.1) is 11.6 Å². The summed E-state index contributed by atoms with van der Waals surface area (Å²) in [5, 5.41) is 3.07. The molecule has 1 rings (SSSR count). The van der Waals surface area contributed by atoms with Gasteiger partial charge < -0.3 is 5.32 Å². The van der Waals surface area contributed by atoms with Crippen molar-refractivity contribution in [3.63, 3.8) is 0 Å². The second kappa shape index (κ2) is 3.18. The van der Waals surface area contributed by atoms with Crippen LogP contribution >= 0.6 is 11.6 Å². The van der Waals surface area contributed by atoms with Crippen LogP contribution < -0.4 is 5.32 Å². The minimum absolute atomic E-state index is 0.0579. The Balaban J connectivity index is 2.32. The van der Waals surface area contributed by atoms with Crippen LogP contribution in [0.1, 0.15) is 12.8 Å². The molecule has 52 valence electrons. The highest BCUT2D eigenvalue weighted by Gasteiger charge is 2.20. The Hall–Kier alpha value is -0.0800. The van der Waals surface area contributed by atoms with E-state index in [1.807, 2.05) is 0 Å². The van der Waals surface area contributed by atoms with Gasteiger partial charge >= 0.3 is 0 Å². The van der Waals surface area contributed by atoms with E-state index < -0.39 is 0 Å². The van der Waals surface area contributed by atoms with Gasteiger partial charge in [0.25, 0.3) is 0 Å². The third-order valence-electron chi connectivity index (χ3n) is 1.58. The second-order valence-electron chi connectivity index (χ2n) is 2.25. The highest BCUT2D eigenvalue weighted by Crippen LogP contribution is 2.05. The molecule has 1 fully saturated rings. The van der Waals surface area contributed by atoms with Gasteiger partial charge in [-0.2, -0.15) is 0 Å². The number of nitrogens with one attached hydrogen (secondary N) is 1. The molecule has 1 atom stereocenters. The summed E-state index contributed by atoms with van der Waals surface area (Å²) in [7, 11) is 0. The maximum absolute atomic E-state index is 10.8. The molecule has 3 heteroatoms. The zero-order valence-corrected chi connectivity index (χ0v) is 5.95. The molecule has 0 amide bonds. The van der Waals surface area contributed by atoms with Gasteiger partial charge in [-0.05, 0) is 19.4 Å². The van der Waals surface area contributed by atoms with E-state index in [1.165, 1.54) is 0 Å². The standard InChI is InChI=1S/C6H10ClNO/c7-4-6(9)5-2-1-3-8-5/h5,8H,1-4H2/t5-/m1/s1. The topological polar surface area (TPSA) is 29.1 Å². The minimum atomic E-state index is 0.0579. The summed E-state index contributed by atoms with van der Waals surface area (Å²) in [5.41, 5.74) is 0. The molecule has 0 aromatic rings. The molecule has 0 aliphatic carbocycles. The second-order valence-corrected chi connectivity index (χ2v) is 2.52. The zero-order chi connectivity index (χ0) is 6.69. The monoisotopic (exact) mass is 147 g/mol. The third-order valence-corrected chi connectivity index (χ3v) is 1.84. The Morgan fingerprint density at radius 2 is 2.56 bits per heavy atom. The summed E-state index contributed by atoms with van der Waals surface area (Å²) in [6.07, 6.45) is 2.07. The van der Waals surface area contributed by atoms with Crippen LogP contribution in [0.2, 0.25) is 0 Å². The van der Waals surface area contributed by atoms with Crippen molar-refractivity contribution in [2.45, 2.75) is 18.9 Å². The smallest absolute Gasteiger partial charge is 0.164 e. The number of Topliss-reactive ketones (excluding diaryl/α,β-unsaturated/α-hetero) is 1. The van der Waals surface area contributed by atoms with Crippen LogP contribution in [0.5, 0.6) is 0 Å². The molecule has 0 saturated carbocycles. The highest BCUT2D eigenvalue weighted by atomic mass is 35.5. The van der Waals surface area contributed by atoms with E-state index in [0.29, 0.717) is 0 Å². The largest absolute Gasteiger partial charge is 0.307 e. The van der Waals surface area contributed by atoms with Crippen molar-refractivity contribution in [1.29, 1.82) is 0 Å². The Labute approximate surface area is 59.6 Å². The summed E-state index contributed by atoms with van der Waals surface area (Å²) >= 11 is 5.34. The van der Waals surface area contributed by atoms with Crippen LogP contribution in [0.4, 0.5) is 0 Å². The molecule has 0 spiro atoms. The molecule has 1 aliphatic rings. The van der Waals surface area contributed by atoms with E-state index in [9.17, 15) is 4.79 Å². The van der Waals surface area contributed by atoms with Crippen molar-refractivity contribution in [3.05, 3.63) is 0 Å². The molecule has 0 aromatic heterocycles. The van der Waals surface area contributed by atoms with Crippen LogP contribution in [0, 0.1) is 0 Å². The van der Waals surface area contributed by atoms with Crippen molar-refractivity contribution in [1.82, 2.24) is 5.32 Å². The van der Waals surface area contributed by atoms with E-state index in [2.05, 4.69) is 5.32 Å². The summed E-state index contributed by atoms with van der Waals surface area (Å²) in [6.45, 7) is 0.966. The predicted molar refractivity (Wildman–Crippen MR) is 36.8 cm³/mol. The lowest BCUT2D eigenvalue weighted by molar-refractivity contribution is -0.118. The molecular formula is C6H10ClNO. The van der Waals surface area contributed by atoms with Gasteiger partial charge in [0.05, 0.1) is 11.9 Å². The molecule has 1 heterocycles. The number of carbonyl (C=O) groups is 1. The van der Waals surface area contributed by atoms with Crippen LogP contribution in [0.3, 0.4) is 0 Å². The van der Waals surface area contributed by atoms with Gasteiger partial charge in [0.1, 0.15) is 0 Å². The molecular weight excluding hydrogens is 138 g/mol. The van der Waals surface area contributed by atoms with E-state index in [0.717, 1.165) is 19.4 Å². The maximum Gasteiger partial charge on any atom is 0.164 e. The first-order valence-corrected chi connectivity index (χ1v) is 3.70. The molecule has 0 unspecified atom stereocenters. The predicted octanol–water partition coefficient (Wildman–Crippen LogP) is 0.546. The molecule has 2 nitrogen and oxygen atoms in total. The fourth-order valence-electron chi connectivity index (χ4n) is 1.05. The van der Waals surface area contributed by atoms with E-state index in [-0.39, 0.29) is 17.7 Å². The van der Waals surface area contributed by atoms with E-state index in [1.54, 1.807) is 0 Å². The molecule has 1 N–H and O–H groups in total. The molecule has 0 bridgehead atoms. The lowest BCUT2D eigenvalue weighted by Gasteiger charge is -2.03. The SMILES string of the molecule is O=C(CCl)[C@H]1CCCN1. The van der Waals surface area contributed by atoms with Crippen molar-refractivity contribution in [3.8, 4) is 0 Å². The molecule has 1 saturated heterocycles. The summed E-state index contributed by atoms with van der Waals surface area (Å²) < 4.78 is 0. The first-order valence-electron chi connectivity index (χ1n) is 3.16. The Morgan fingerprint density at radius 3 is 3.00 bits per heavy atom. The van der Waals surface area contributed by atoms with Crippen LogP contribution in [0.25, 0.3) is 0 Å². The number of ketones is 1.